The van der Waals surface area contributed by atoms with Gasteiger partial charge in [-0.3, -0.25) is 0 Å². The van der Waals surface area contributed by atoms with Crippen molar-refractivity contribution in [2.45, 2.75) is 6.42 Å². The molecule has 60 valence electrons. The number of hydrogen-bond acceptors (Lipinski definition) is 3. The highest BCUT2D eigenvalue weighted by molar-refractivity contribution is 7.98. The highest BCUT2D eigenvalue weighted by Gasteiger charge is 1.87. The fraction of sp³-hybridized carbons (Fsp3) is 0.333. The number of hydrogen-bond donors (Lipinski definition) is 0. The number of rotatable bonds is 0. The molecule has 2 aliphatic rings. The van der Waals surface area contributed by atoms with Crippen LogP contribution in [0.2, 0.25) is 0 Å². The van der Waals surface area contributed by atoms with Crippen LogP contribution in [-0.2, 0) is 11.0 Å². The summed E-state index contributed by atoms with van der Waals surface area (Å²) in [6, 6.07) is 0. The molecule has 1 atom stereocenters. The topological polar surface area (TPSA) is 41.8 Å². The summed E-state index contributed by atoms with van der Waals surface area (Å²) in [5.74, 6) is 1.19. The zero-order chi connectivity index (χ0) is 7.94. The predicted octanol–water partition coefficient (Wildman–Crippen LogP) is 1.36. The Labute approximate surface area is 72.4 Å². The first kappa shape index (κ1) is 8.67. The van der Waals surface area contributed by atoms with E-state index in [1.165, 1.54) is 23.8 Å². The van der Waals surface area contributed by atoms with E-state index in [1.54, 1.807) is 18.0 Å². The summed E-state index contributed by atoms with van der Waals surface area (Å²) in [7, 11) is -1.03. The van der Waals surface area contributed by atoms with Crippen molar-refractivity contribution in [1.82, 2.24) is 0 Å². The van der Waals surface area contributed by atoms with Crippen LogP contribution in [0.15, 0.2) is 20.3 Å². The van der Waals surface area contributed by atoms with Gasteiger partial charge in [0.05, 0.1) is 0 Å². The maximum absolute atomic E-state index is 10.1. The normalized spacial score (nSPS) is 25.3. The first-order valence-corrected chi connectivity index (χ1v) is 5.26. The van der Waals surface area contributed by atoms with Crippen molar-refractivity contribution in [2.24, 2.45) is 8.80 Å². The Bertz CT molecular complexity index is 203. The van der Waals surface area contributed by atoms with Crippen molar-refractivity contribution in [3.8, 4) is 0 Å². The van der Waals surface area contributed by atoms with E-state index >= 15 is 0 Å². The number of allylic oxidation sites excluding steroid dienone is 1. The first-order valence-electron chi connectivity index (χ1n) is 3.15. The molecule has 11 heavy (non-hydrogen) atoms. The molecule has 0 N–H and O–H groups in total. The van der Waals surface area contributed by atoms with Gasteiger partial charge < -0.3 is 0 Å². The lowest BCUT2D eigenvalue weighted by molar-refractivity contribution is 0.690. The van der Waals surface area contributed by atoms with Gasteiger partial charge in [-0.1, -0.05) is 0 Å². The average Bonchev–Trinajstić information content (AvgIpc) is 2.57. The molecular weight excluding hydrogens is 180 g/mol. The molecule has 2 heterocycles. The number of nitrogens with zero attached hydrogens (tertiary/aromatic N) is 2. The smallest absolute Gasteiger partial charge is 0.165 e. The fourth-order valence-electron chi connectivity index (χ4n) is 0.496. The van der Waals surface area contributed by atoms with Crippen LogP contribution in [0.25, 0.3) is 0 Å². The Morgan fingerprint density at radius 2 is 2.45 bits per heavy atom. The molecule has 0 aliphatic carbocycles. The summed E-state index contributed by atoms with van der Waals surface area (Å²) in [4.78, 5) is 0. The molecule has 0 aromatic heterocycles. The fourth-order valence-corrected chi connectivity index (χ4v) is 1.49. The van der Waals surface area contributed by atoms with Crippen LogP contribution in [0.5, 0.6) is 0 Å². The molecule has 0 aromatic rings. The summed E-state index contributed by atoms with van der Waals surface area (Å²) in [6.07, 6.45) is 6.31. The lowest BCUT2D eigenvalue weighted by Crippen LogP contribution is -1.64. The van der Waals surface area contributed by atoms with E-state index < -0.39 is 11.0 Å². The van der Waals surface area contributed by atoms with Gasteiger partial charge in [-0.15, -0.1) is 0 Å². The minimum Gasteiger partial charge on any atom is -0.230 e. The van der Waals surface area contributed by atoms with Crippen molar-refractivity contribution < 1.29 is 4.21 Å². The minimum atomic E-state index is -1.03. The van der Waals surface area contributed by atoms with Crippen LogP contribution in [0, 0.1) is 0 Å². The van der Waals surface area contributed by atoms with Gasteiger partial charge in [-0.25, -0.2) is 8.61 Å². The van der Waals surface area contributed by atoms with Gasteiger partial charge >= 0.3 is 0 Å². The Balaban J connectivity index is 0.000000112. The van der Waals surface area contributed by atoms with E-state index in [1.807, 2.05) is 6.21 Å². The summed E-state index contributed by atoms with van der Waals surface area (Å²) >= 11 is 1.64. The third-order valence-electron chi connectivity index (χ3n) is 0.933. The van der Waals surface area contributed by atoms with E-state index in [2.05, 4.69) is 8.80 Å². The molecule has 0 saturated heterocycles. The third-order valence-corrected chi connectivity index (χ3v) is 2.37. The molecule has 5 heteroatoms. The first-order chi connectivity index (χ1) is 5.39. The largest absolute Gasteiger partial charge is 0.230 e. The Morgan fingerprint density at radius 1 is 1.55 bits per heavy atom. The Hall–Kier alpha value is -0.420. The van der Waals surface area contributed by atoms with Crippen LogP contribution in [0.1, 0.15) is 6.42 Å². The van der Waals surface area contributed by atoms with Crippen LogP contribution in [0.4, 0.5) is 0 Å². The molecule has 0 bridgehead atoms. The van der Waals surface area contributed by atoms with Gasteiger partial charge in [-0.05, 0) is 24.4 Å². The average molecular weight is 188 g/mol. The maximum Gasteiger partial charge on any atom is 0.165 e. The zero-order valence-corrected chi connectivity index (χ0v) is 7.48. The van der Waals surface area contributed by atoms with Crippen molar-refractivity contribution in [3.05, 3.63) is 11.5 Å². The van der Waals surface area contributed by atoms with Crippen LogP contribution >= 0.6 is 11.9 Å². The Kier molecular flexibility index (Phi) is 4.15. The second-order valence-electron chi connectivity index (χ2n) is 1.77. The lowest BCUT2D eigenvalue weighted by Gasteiger charge is -1.66. The van der Waals surface area contributed by atoms with Crippen molar-refractivity contribution in [3.63, 3.8) is 0 Å². The molecule has 2 rings (SSSR count). The molecule has 0 saturated carbocycles. The standard InChI is InChI=1S/C3H3NOS.C3H5NS/c5-6-3-1-2-4-6;1-2-4-5-3-1/h1-3H;2H,1,3H2. The van der Waals surface area contributed by atoms with E-state index in [0.717, 1.165) is 0 Å². The second kappa shape index (κ2) is 5.26. The van der Waals surface area contributed by atoms with Gasteiger partial charge in [0.25, 0.3) is 0 Å². The Morgan fingerprint density at radius 3 is 2.64 bits per heavy atom. The zero-order valence-electron chi connectivity index (χ0n) is 5.84. The highest BCUT2D eigenvalue weighted by Crippen LogP contribution is 2.07. The lowest BCUT2D eigenvalue weighted by atomic mass is 10.6. The molecule has 3 nitrogen and oxygen atoms in total. The van der Waals surface area contributed by atoms with Gasteiger partial charge in [0.15, 0.2) is 11.0 Å². The van der Waals surface area contributed by atoms with E-state index in [-0.39, 0.29) is 0 Å². The molecule has 0 fully saturated rings. The highest BCUT2D eigenvalue weighted by atomic mass is 32.2. The van der Waals surface area contributed by atoms with Crippen LogP contribution < -0.4 is 0 Å². The SMILES string of the molecule is C1=NSCC1.O=S1C=CC=N1. The van der Waals surface area contributed by atoms with E-state index in [0.29, 0.717) is 0 Å². The van der Waals surface area contributed by atoms with E-state index in [9.17, 15) is 4.21 Å². The van der Waals surface area contributed by atoms with E-state index in [4.69, 9.17) is 0 Å². The van der Waals surface area contributed by atoms with Crippen molar-refractivity contribution in [1.29, 1.82) is 0 Å². The van der Waals surface area contributed by atoms with Crippen LogP contribution in [0.3, 0.4) is 0 Å². The molecular formula is C6H8N2OS2. The summed E-state index contributed by atoms with van der Waals surface area (Å²) < 4.78 is 17.4. The molecule has 0 spiro atoms. The third kappa shape index (κ3) is 4.10. The summed E-state index contributed by atoms with van der Waals surface area (Å²) in [5.41, 5.74) is 0. The molecule has 1 unspecified atom stereocenters. The van der Waals surface area contributed by atoms with Gasteiger partial charge in [0.2, 0.25) is 0 Å². The molecule has 0 radical (unpaired) electrons. The maximum atomic E-state index is 10.1. The monoisotopic (exact) mass is 188 g/mol. The van der Waals surface area contributed by atoms with Crippen molar-refractivity contribution in [2.75, 3.05) is 5.75 Å². The van der Waals surface area contributed by atoms with Crippen molar-refractivity contribution >= 4 is 35.4 Å². The van der Waals surface area contributed by atoms with Gasteiger partial charge in [0, 0.05) is 23.6 Å². The second-order valence-corrected chi connectivity index (χ2v) is 3.68. The summed E-state index contributed by atoms with van der Waals surface area (Å²) in [6.45, 7) is 0. The predicted molar refractivity (Wildman–Crippen MR) is 51.3 cm³/mol. The quantitative estimate of drug-likeness (QED) is 0.539. The van der Waals surface area contributed by atoms with Gasteiger partial charge in [-0.2, -0.15) is 4.40 Å². The minimum absolute atomic E-state index is 1.03. The van der Waals surface area contributed by atoms with Gasteiger partial charge in [0.1, 0.15) is 0 Å². The molecule has 2 aliphatic heterocycles. The summed E-state index contributed by atoms with van der Waals surface area (Å²) in [5, 5.41) is 1.53. The molecule has 0 aromatic carbocycles. The molecule has 0 amide bonds. The van der Waals surface area contributed by atoms with Crippen LogP contribution in [-0.4, -0.2) is 22.4 Å².